The summed E-state index contributed by atoms with van der Waals surface area (Å²) in [6, 6.07) is 48.2. The molecule has 8 heterocycles. The Morgan fingerprint density at radius 1 is 0.422 bits per heavy atom. The van der Waals surface area contributed by atoms with Gasteiger partial charge < -0.3 is 28.8 Å². The third kappa shape index (κ3) is 14.7. The maximum atomic E-state index is 8.76. The molecule has 10 heteroatoms. The van der Waals surface area contributed by atoms with Crippen molar-refractivity contribution >= 4 is 44.1 Å². The molecular weight excluding hydrogens is 1380 g/mol. The number of pyridine rings is 6. The van der Waals surface area contributed by atoms with Crippen molar-refractivity contribution in [1.82, 2.24) is 29.9 Å². The summed E-state index contributed by atoms with van der Waals surface area (Å²) in [5.74, 6) is -13.1. The Morgan fingerprint density at radius 2 is 0.904 bits per heavy atom. The summed E-state index contributed by atoms with van der Waals surface area (Å²) in [5.41, 5.74) is 5.49. The third-order valence-corrected chi connectivity index (χ3v) is 12.8. The number of furan rings is 2. The zero-order valence-electron chi connectivity index (χ0n) is 74.6. The average molecular weight is 1480 g/mol. The van der Waals surface area contributed by atoms with Crippen LogP contribution < -0.4 is 0 Å². The van der Waals surface area contributed by atoms with E-state index in [2.05, 4.69) is 54.2 Å². The monoisotopic (exact) mass is 1480 g/mol. The van der Waals surface area contributed by atoms with E-state index in [4.69, 9.17) is 48.6 Å². The van der Waals surface area contributed by atoms with Crippen LogP contribution in [0.1, 0.15) is 188 Å². The molecule has 0 aliphatic carbocycles. The first-order chi connectivity index (χ1) is 50.4. The first-order valence-corrected chi connectivity index (χ1v) is 25.2. The minimum absolute atomic E-state index is 0. The van der Waals surface area contributed by atoms with Crippen LogP contribution in [0.2, 0.25) is 0 Å². The Kier molecular flexibility index (Phi) is 11.7. The SMILES string of the molecule is [2H]C([2H])([2H])C([2H])(C)c1ccc(-c2[c-]cccc2)nc1.[2H]C([2H])([2H])C([2H])(C)c1cnc(-c2[c-]ccc3c2oc2nc(C)ccc23)cc1C([2H])(C([2H])([2H])[2H])C([2H])([2H])[2H].[2H]C([2H])([2H])C([2H])(C)c1cnc(-c2[c-]ccc3c2oc2nc(C)ccc23)cc1C([2H])(C([2H])([2H])[2H])C([2H])([2H])[2H].[2H]C([2H])([2H])c1cnc(-c2[c-]cccc2)cc1C.[Ir].[Ir]. The normalized spacial score (nSPS) is 19.9. The molecule has 0 aliphatic rings. The van der Waals surface area contributed by atoms with E-state index < -0.39 is 107 Å². The van der Waals surface area contributed by atoms with Crippen LogP contribution in [0.25, 0.3) is 89.2 Å². The molecule has 0 fully saturated rings. The molecule has 8 nitrogen and oxygen atoms in total. The molecule has 12 aromatic rings. The molecular formula is C73H72Ir2N6O2-4. The summed E-state index contributed by atoms with van der Waals surface area (Å²) in [6.45, 7) is -15.3. The average Bonchev–Trinajstić information content (AvgIpc) is 0.857. The number of benzene rings is 4. The molecule has 0 spiro atoms. The molecule has 8 aromatic heterocycles. The molecule has 0 saturated carbocycles. The van der Waals surface area contributed by atoms with Crippen molar-refractivity contribution in [3.05, 3.63) is 227 Å². The van der Waals surface area contributed by atoms with Gasteiger partial charge in [-0.3, -0.25) is 0 Å². The molecule has 428 valence electrons. The van der Waals surface area contributed by atoms with E-state index in [0.717, 1.165) is 72.1 Å². The molecule has 3 unspecified atom stereocenters. The van der Waals surface area contributed by atoms with E-state index in [-0.39, 0.29) is 62.7 Å². The number of fused-ring (bicyclic) bond motifs is 6. The molecule has 0 aliphatic heterocycles. The molecule has 0 bridgehead atoms. The number of aromatic nitrogens is 6. The second kappa shape index (κ2) is 28.3. The molecule has 0 N–H and O–H groups in total. The summed E-state index contributed by atoms with van der Waals surface area (Å²) >= 11 is 0. The molecule has 3 atom stereocenters. The fraction of sp³-hybridized carbons (Fsp3) is 0.260. The van der Waals surface area contributed by atoms with Crippen molar-refractivity contribution in [3.8, 4) is 45.0 Å². The largest absolute Gasteiger partial charge is 0.486 e. The number of hydrogen-bond acceptors (Lipinski definition) is 8. The maximum Gasteiger partial charge on any atom is 0.216 e. The van der Waals surface area contributed by atoms with Crippen molar-refractivity contribution in [2.75, 3.05) is 0 Å². The Morgan fingerprint density at radius 3 is 1.34 bits per heavy atom. The number of hydrogen-bond donors (Lipinski definition) is 0. The second-order valence-electron chi connectivity index (χ2n) is 18.7. The van der Waals surface area contributed by atoms with Crippen LogP contribution in [0, 0.1) is 51.9 Å². The fourth-order valence-electron chi connectivity index (χ4n) is 8.59. The predicted octanol–water partition coefficient (Wildman–Crippen LogP) is 19.6. The van der Waals surface area contributed by atoms with E-state index in [0.29, 0.717) is 61.0 Å². The molecule has 2 radical (unpaired) electrons. The van der Waals surface area contributed by atoms with Gasteiger partial charge in [-0.15, -0.1) is 108 Å². The van der Waals surface area contributed by atoms with E-state index in [9.17, 15) is 0 Å². The maximum absolute atomic E-state index is 8.76. The predicted molar refractivity (Wildman–Crippen MR) is 334 cm³/mol. The van der Waals surface area contributed by atoms with Gasteiger partial charge in [0, 0.05) is 127 Å². The fourth-order valence-corrected chi connectivity index (χ4v) is 8.59. The van der Waals surface area contributed by atoms with E-state index in [1.54, 1.807) is 69.3 Å². The Bertz CT molecular complexity index is 5060. The van der Waals surface area contributed by atoms with Crippen LogP contribution in [0.5, 0.6) is 0 Å². The molecule has 83 heavy (non-hydrogen) atoms. The van der Waals surface area contributed by atoms with Gasteiger partial charge >= 0.3 is 0 Å². The number of aryl methyl sites for hydroxylation is 4. The summed E-state index contributed by atoms with van der Waals surface area (Å²) in [6.07, 6.45) is 4.80. The summed E-state index contributed by atoms with van der Waals surface area (Å²) in [7, 11) is 0. The van der Waals surface area contributed by atoms with Gasteiger partial charge in [-0.1, -0.05) is 127 Å². The minimum Gasteiger partial charge on any atom is -0.486 e. The third-order valence-electron chi connectivity index (χ3n) is 12.8. The van der Waals surface area contributed by atoms with E-state index in [1.165, 1.54) is 19.3 Å². The molecule has 0 amide bonds. The topological polar surface area (TPSA) is 104 Å². The van der Waals surface area contributed by atoms with Gasteiger partial charge in [0.15, 0.2) is 0 Å². The van der Waals surface area contributed by atoms with Gasteiger partial charge in [0.2, 0.25) is 11.4 Å². The van der Waals surface area contributed by atoms with Crippen LogP contribution in [0.4, 0.5) is 0 Å². The first kappa shape index (κ1) is 34.5. The summed E-state index contributed by atoms with van der Waals surface area (Å²) < 4.78 is 241. The Balaban J connectivity index is 0.000000217. The van der Waals surface area contributed by atoms with Crippen molar-refractivity contribution in [1.29, 1.82) is 0 Å². The van der Waals surface area contributed by atoms with Gasteiger partial charge in [-0.05, 0) is 138 Å². The van der Waals surface area contributed by atoms with Gasteiger partial charge in [0.25, 0.3) is 0 Å². The number of rotatable bonds is 9. The second-order valence-corrected chi connectivity index (χ2v) is 18.7. The van der Waals surface area contributed by atoms with E-state index >= 15 is 0 Å². The molecule has 0 saturated heterocycles. The number of nitrogens with zero attached hydrogens (tertiary/aromatic N) is 6. The van der Waals surface area contributed by atoms with Gasteiger partial charge in [0.05, 0.1) is 11.2 Å². The van der Waals surface area contributed by atoms with Crippen molar-refractivity contribution < 1.29 is 88.8 Å². The van der Waals surface area contributed by atoms with Gasteiger partial charge in [0.1, 0.15) is 0 Å². The summed E-state index contributed by atoms with van der Waals surface area (Å²) in [5, 5.41) is 2.71. The van der Waals surface area contributed by atoms with Crippen LogP contribution in [-0.4, -0.2) is 29.9 Å². The van der Waals surface area contributed by atoms with Gasteiger partial charge in [-0.2, -0.15) is 0 Å². The molecule has 4 aromatic carbocycles. The standard InChI is InChI=1S/2C23H23N2O.C14H14N.C13H12N.2Ir/c2*1-13(2)19-11-21(24-12-20(19)14(3)4)18-8-6-7-16-17-10-9-15(5)25-23(17)26-22(16)18;1-11(2)13-8-9-14(15-10-13)12-6-4-3-5-7-12;1-10-8-13(14-9-11(10)2)12-6-4-3-5-7-12;;/h2*6-7,9-14H,1-5H3;3-6,8-11H,1-2H3;3-6,8-9H,1-2H3;;/q4*-1;;/i2*1D3,2D3,3D3,13D,14D;1D3,11D;2D3;;. The van der Waals surface area contributed by atoms with Crippen molar-refractivity contribution in [2.45, 2.75) is 126 Å². The van der Waals surface area contributed by atoms with Crippen LogP contribution in [0.15, 0.2) is 161 Å². The quantitative estimate of drug-likeness (QED) is 0.132. The van der Waals surface area contributed by atoms with E-state index in [1.807, 2.05) is 66.7 Å². The smallest absolute Gasteiger partial charge is 0.216 e. The van der Waals surface area contributed by atoms with Crippen molar-refractivity contribution in [2.24, 2.45) is 0 Å². The van der Waals surface area contributed by atoms with Crippen molar-refractivity contribution in [3.63, 3.8) is 0 Å². The zero-order valence-corrected chi connectivity index (χ0v) is 50.4. The minimum atomic E-state index is -3.41. The van der Waals surface area contributed by atoms with Gasteiger partial charge in [-0.25, -0.2) is 9.97 Å². The van der Waals surface area contributed by atoms with Crippen LogP contribution in [0.3, 0.4) is 0 Å². The Hall–Kier alpha value is -7.32. The first-order valence-electron chi connectivity index (χ1n) is 39.7. The summed E-state index contributed by atoms with van der Waals surface area (Å²) in [4.78, 5) is 25.7. The molecule has 12 rings (SSSR count). The zero-order chi connectivity index (χ0) is 82.1. The Labute approximate surface area is 558 Å². The van der Waals surface area contributed by atoms with Crippen LogP contribution >= 0.6 is 0 Å². The van der Waals surface area contributed by atoms with Crippen LogP contribution in [-0.2, 0) is 40.2 Å².